The monoisotopic (exact) mass is 189 g/mol. The van der Waals surface area contributed by atoms with Gasteiger partial charge in [-0.3, -0.25) is 0 Å². The van der Waals surface area contributed by atoms with E-state index in [0.717, 1.165) is 12.5 Å². The first-order valence-electron chi connectivity index (χ1n) is 5.92. The maximum atomic E-state index is 4.85. The van der Waals surface area contributed by atoms with Gasteiger partial charge in [0.25, 0.3) is 0 Å². The highest BCUT2D eigenvalue weighted by Crippen LogP contribution is 2.10. The summed E-state index contributed by atoms with van der Waals surface area (Å²) in [6.07, 6.45) is 5.52. The van der Waals surface area contributed by atoms with Crippen molar-refractivity contribution in [3.05, 3.63) is 0 Å². The van der Waals surface area contributed by atoms with Gasteiger partial charge in [0, 0.05) is 0 Å². The topological polar surface area (TPSA) is 26.0 Å². The van der Waals surface area contributed by atoms with Gasteiger partial charge >= 0.3 is 0 Å². The molecular formula is C12H31N. The van der Waals surface area contributed by atoms with Gasteiger partial charge in [0.05, 0.1) is 0 Å². The van der Waals surface area contributed by atoms with Crippen LogP contribution < -0.4 is 5.73 Å². The van der Waals surface area contributed by atoms with Gasteiger partial charge in [0.15, 0.2) is 0 Å². The van der Waals surface area contributed by atoms with Gasteiger partial charge < -0.3 is 5.73 Å². The van der Waals surface area contributed by atoms with E-state index in [1.54, 1.807) is 0 Å². The van der Waals surface area contributed by atoms with E-state index in [-0.39, 0.29) is 0 Å². The number of rotatable bonds is 4. The van der Waals surface area contributed by atoms with Crippen LogP contribution in [-0.4, -0.2) is 6.54 Å². The van der Waals surface area contributed by atoms with Crippen molar-refractivity contribution < 1.29 is 0 Å². The van der Waals surface area contributed by atoms with Crippen molar-refractivity contribution in [3.8, 4) is 0 Å². The Hall–Kier alpha value is -0.0400. The van der Waals surface area contributed by atoms with E-state index in [9.17, 15) is 0 Å². The van der Waals surface area contributed by atoms with Gasteiger partial charge in [-0.1, -0.05) is 67.2 Å². The summed E-state index contributed by atoms with van der Waals surface area (Å²) >= 11 is 0. The van der Waals surface area contributed by atoms with Crippen molar-refractivity contribution in [1.29, 1.82) is 0 Å². The third kappa shape index (κ3) is 33.4. The molecule has 0 spiro atoms. The summed E-state index contributed by atoms with van der Waals surface area (Å²) in [5.74, 6) is 0.963. The van der Waals surface area contributed by atoms with Crippen LogP contribution in [0.5, 0.6) is 0 Å². The minimum atomic E-state index is 0.750. The molecule has 0 aliphatic carbocycles. The van der Waals surface area contributed by atoms with Gasteiger partial charge in [-0.15, -0.1) is 0 Å². The summed E-state index contributed by atoms with van der Waals surface area (Å²) < 4.78 is 0. The molecule has 2 N–H and O–H groups in total. The first-order chi connectivity index (χ1) is 6.22. The van der Waals surface area contributed by atoms with Gasteiger partial charge in [0.2, 0.25) is 0 Å². The summed E-state index contributed by atoms with van der Waals surface area (Å²) in [6.45, 7) is 13.5. The van der Waals surface area contributed by atoms with E-state index in [0.29, 0.717) is 0 Å². The minimum Gasteiger partial charge on any atom is -0.331 e. The Morgan fingerprint density at radius 1 is 0.923 bits per heavy atom. The molecule has 0 saturated heterocycles. The van der Waals surface area contributed by atoms with E-state index in [2.05, 4.69) is 20.8 Å². The molecule has 0 radical (unpaired) electrons. The van der Waals surface area contributed by atoms with Crippen molar-refractivity contribution in [2.75, 3.05) is 6.54 Å². The van der Waals surface area contributed by atoms with Crippen LogP contribution in [0.2, 0.25) is 0 Å². The third-order valence-corrected chi connectivity index (χ3v) is 1.56. The zero-order valence-corrected chi connectivity index (χ0v) is 10.7. The maximum Gasteiger partial charge on any atom is -0.0106 e. The van der Waals surface area contributed by atoms with E-state index >= 15 is 0 Å². The predicted molar refractivity (Wildman–Crippen MR) is 65.1 cm³/mol. The van der Waals surface area contributed by atoms with E-state index in [4.69, 9.17) is 5.73 Å². The molecule has 0 aromatic heterocycles. The molecule has 0 aromatic rings. The Bertz CT molecular complexity index is 47.1. The van der Waals surface area contributed by atoms with Gasteiger partial charge in [0.1, 0.15) is 0 Å². The van der Waals surface area contributed by atoms with Crippen LogP contribution in [-0.2, 0) is 0 Å². The Morgan fingerprint density at radius 3 is 1.31 bits per heavy atom. The van der Waals surface area contributed by atoms with Gasteiger partial charge in [-0.05, 0) is 12.5 Å². The molecule has 84 valence electrons. The summed E-state index contributed by atoms with van der Waals surface area (Å²) in [5, 5.41) is 0. The van der Waals surface area contributed by atoms with Crippen LogP contribution in [0, 0.1) is 5.92 Å². The summed E-state index contributed by atoms with van der Waals surface area (Å²) in [4.78, 5) is 0. The smallest absolute Gasteiger partial charge is 0.0106 e. The van der Waals surface area contributed by atoms with Crippen molar-refractivity contribution in [2.45, 2.75) is 67.2 Å². The lowest BCUT2D eigenvalue weighted by molar-refractivity contribution is 0.480. The summed E-state index contributed by atoms with van der Waals surface area (Å²) in [5.41, 5.74) is 4.85. The molecule has 0 aliphatic heterocycles. The molecule has 0 saturated carbocycles. The lowest BCUT2D eigenvalue weighted by atomic mass is 10.0. The Labute approximate surface area is 86.1 Å². The molecule has 0 bridgehead atoms. The average Bonchev–Trinajstić information content (AvgIpc) is 2.10. The summed E-state index contributed by atoms with van der Waals surface area (Å²) in [7, 11) is 0. The maximum absolute atomic E-state index is 4.85. The first-order valence-corrected chi connectivity index (χ1v) is 5.92. The quantitative estimate of drug-likeness (QED) is 0.704. The fraction of sp³-hybridized carbons (Fsp3) is 1.00. The highest BCUT2D eigenvalue weighted by Gasteiger charge is 1.95. The zero-order valence-electron chi connectivity index (χ0n) is 10.7. The molecule has 0 aliphatic rings. The highest BCUT2D eigenvalue weighted by molar-refractivity contribution is 4.48. The number of hydrogen-bond donors (Lipinski definition) is 1. The Kier molecular flexibility index (Phi) is 32.6. The van der Waals surface area contributed by atoms with Gasteiger partial charge in [-0.2, -0.15) is 0 Å². The van der Waals surface area contributed by atoms with Crippen LogP contribution in [0.15, 0.2) is 0 Å². The van der Waals surface area contributed by atoms with Crippen molar-refractivity contribution in [2.24, 2.45) is 11.7 Å². The normalized spacial score (nSPS) is 8.31. The Balaban J connectivity index is -0.000000169. The third-order valence-electron chi connectivity index (χ3n) is 1.56. The lowest BCUT2D eigenvalue weighted by Crippen LogP contribution is -1.91. The largest absolute Gasteiger partial charge is 0.331 e. The van der Waals surface area contributed by atoms with E-state index in [1.165, 1.54) is 25.7 Å². The fourth-order valence-corrected chi connectivity index (χ4v) is 1.13. The molecule has 0 fully saturated rings. The summed E-state index contributed by atoms with van der Waals surface area (Å²) in [6, 6.07) is 0. The van der Waals surface area contributed by atoms with Crippen LogP contribution in [0.4, 0.5) is 0 Å². The van der Waals surface area contributed by atoms with Crippen LogP contribution in [0.25, 0.3) is 0 Å². The number of hydrogen-bond acceptors (Lipinski definition) is 1. The highest BCUT2D eigenvalue weighted by atomic mass is 14.5. The van der Waals surface area contributed by atoms with Crippen molar-refractivity contribution in [3.63, 3.8) is 0 Å². The van der Waals surface area contributed by atoms with Crippen LogP contribution >= 0.6 is 0 Å². The van der Waals surface area contributed by atoms with Crippen molar-refractivity contribution >= 4 is 0 Å². The zero-order chi connectivity index (χ0) is 11.1. The van der Waals surface area contributed by atoms with Crippen molar-refractivity contribution in [1.82, 2.24) is 0 Å². The molecular weight excluding hydrogens is 158 g/mol. The molecule has 0 heterocycles. The second kappa shape index (κ2) is 22.7. The molecule has 0 rings (SSSR count). The van der Waals surface area contributed by atoms with Crippen LogP contribution in [0.1, 0.15) is 67.2 Å². The standard InChI is InChI=1S/C8H18.C2H7N.C2H6/c1-4-6-8(3)7-5-2;1-2-3;1-2/h8H,4-7H2,1-3H3;2-3H2,1H3;1-2H3. The number of nitrogens with two attached hydrogens (primary N) is 1. The predicted octanol–water partition coefficient (Wildman–Crippen LogP) is 4.21. The Morgan fingerprint density at radius 2 is 1.15 bits per heavy atom. The molecule has 0 aromatic carbocycles. The molecule has 13 heavy (non-hydrogen) atoms. The van der Waals surface area contributed by atoms with Crippen LogP contribution in [0.3, 0.4) is 0 Å². The average molecular weight is 189 g/mol. The molecule has 0 atom stereocenters. The first kappa shape index (κ1) is 18.7. The van der Waals surface area contributed by atoms with E-state index in [1.807, 2.05) is 20.8 Å². The second-order valence-electron chi connectivity index (χ2n) is 3.09. The molecule has 1 heteroatoms. The lowest BCUT2D eigenvalue weighted by Gasteiger charge is -2.05. The molecule has 0 amide bonds. The fourth-order valence-electron chi connectivity index (χ4n) is 1.13. The van der Waals surface area contributed by atoms with E-state index < -0.39 is 0 Å². The SMILES string of the molecule is CC.CCCC(C)CCC.CCN. The molecule has 1 nitrogen and oxygen atoms in total. The molecule has 0 unspecified atom stereocenters. The minimum absolute atomic E-state index is 0.750. The van der Waals surface area contributed by atoms with Gasteiger partial charge in [-0.25, -0.2) is 0 Å². The second-order valence-corrected chi connectivity index (χ2v) is 3.09.